The van der Waals surface area contributed by atoms with Gasteiger partial charge in [0.25, 0.3) is 5.91 Å². The lowest BCUT2D eigenvalue weighted by Crippen LogP contribution is -2.46. The minimum Gasteiger partial charge on any atom is -0.422 e. The molecule has 1 unspecified atom stereocenters. The normalized spacial score (nSPS) is 23.6. The molecule has 2 fully saturated rings. The SMILES string of the molecule is O=C(NC1CCC2(CC1)CCN(c1ccc(F)cc1Cl)C2O)c1nc[nH]c1C(=O)Oc1ccccc1. The molecule has 1 spiro atoms. The van der Waals surface area contributed by atoms with Crippen LogP contribution in [-0.4, -0.2) is 45.8 Å². The second kappa shape index (κ2) is 9.91. The molecule has 1 amide bonds. The zero-order valence-electron chi connectivity index (χ0n) is 19.4. The van der Waals surface area contributed by atoms with Gasteiger partial charge in [0.15, 0.2) is 11.4 Å². The predicted molar refractivity (Wildman–Crippen MR) is 132 cm³/mol. The van der Waals surface area contributed by atoms with Crippen LogP contribution in [0.15, 0.2) is 54.9 Å². The third-order valence-corrected chi connectivity index (χ3v) is 7.54. The molecule has 1 saturated carbocycles. The van der Waals surface area contributed by atoms with Crippen molar-refractivity contribution in [3.05, 3.63) is 77.1 Å². The van der Waals surface area contributed by atoms with Crippen molar-refractivity contribution in [2.24, 2.45) is 5.41 Å². The largest absolute Gasteiger partial charge is 0.422 e. The number of esters is 1. The topological polar surface area (TPSA) is 108 Å². The molecule has 188 valence electrons. The Labute approximate surface area is 212 Å². The van der Waals surface area contributed by atoms with E-state index in [9.17, 15) is 19.1 Å². The van der Waals surface area contributed by atoms with Crippen LogP contribution in [0.5, 0.6) is 5.75 Å². The van der Waals surface area contributed by atoms with Crippen molar-refractivity contribution >= 4 is 29.2 Å². The molecule has 3 N–H and O–H groups in total. The molecule has 2 aromatic carbocycles. The molecule has 10 heteroatoms. The van der Waals surface area contributed by atoms with E-state index in [0.717, 1.165) is 6.42 Å². The lowest BCUT2D eigenvalue weighted by molar-refractivity contribution is 0.0178. The van der Waals surface area contributed by atoms with Gasteiger partial charge in [0, 0.05) is 18.0 Å². The first-order valence-corrected chi connectivity index (χ1v) is 12.3. The fourth-order valence-corrected chi connectivity index (χ4v) is 5.53. The van der Waals surface area contributed by atoms with Gasteiger partial charge in [-0.2, -0.15) is 0 Å². The highest BCUT2D eigenvalue weighted by Crippen LogP contribution is 2.49. The highest BCUT2D eigenvalue weighted by atomic mass is 35.5. The van der Waals surface area contributed by atoms with Gasteiger partial charge in [0.2, 0.25) is 0 Å². The molecule has 0 bridgehead atoms. The Bertz CT molecular complexity index is 1260. The minimum absolute atomic E-state index is 0.0123. The summed E-state index contributed by atoms with van der Waals surface area (Å²) < 4.78 is 18.8. The summed E-state index contributed by atoms with van der Waals surface area (Å²) in [5.41, 5.74) is 0.262. The minimum atomic E-state index is -0.747. The summed E-state index contributed by atoms with van der Waals surface area (Å²) in [7, 11) is 0. The monoisotopic (exact) mass is 512 g/mol. The van der Waals surface area contributed by atoms with Crippen molar-refractivity contribution < 1.29 is 23.8 Å². The highest BCUT2D eigenvalue weighted by Gasteiger charge is 2.49. The van der Waals surface area contributed by atoms with E-state index in [4.69, 9.17) is 16.3 Å². The van der Waals surface area contributed by atoms with Gasteiger partial charge in [-0.25, -0.2) is 14.2 Å². The van der Waals surface area contributed by atoms with Crippen molar-refractivity contribution in [1.82, 2.24) is 15.3 Å². The Morgan fingerprint density at radius 1 is 1.17 bits per heavy atom. The summed E-state index contributed by atoms with van der Waals surface area (Å²) in [6.07, 6.45) is 4.07. The van der Waals surface area contributed by atoms with E-state index in [2.05, 4.69) is 15.3 Å². The average molecular weight is 513 g/mol. The van der Waals surface area contributed by atoms with Crippen LogP contribution < -0.4 is 15.0 Å². The molecule has 1 atom stereocenters. The summed E-state index contributed by atoms with van der Waals surface area (Å²) in [6, 6.07) is 12.7. The number of halogens is 2. The number of rotatable bonds is 5. The Balaban J connectivity index is 1.20. The number of aliphatic hydroxyl groups is 1. The van der Waals surface area contributed by atoms with Crippen LogP contribution in [0.2, 0.25) is 5.02 Å². The molecule has 2 heterocycles. The number of benzene rings is 2. The predicted octanol–water partition coefficient (Wildman–Crippen LogP) is 4.31. The Hall–Kier alpha value is -3.43. The van der Waals surface area contributed by atoms with E-state index in [0.29, 0.717) is 43.7 Å². The maximum Gasteiger partial charge on any atom is 0.362 e. The van der Waals surface area contributed by atoms with Gasteiger partial charge in [-0.3, -0.25) is 4.79 Å². The molecular formula is C26H26ClFN4O4. The summed E-state index contributed by atoms with van der Waals surface area (Å²) in [5, 5.41) is 14.4. The Kier molecular flexibility index (Phi) is 6.68. The molecule has 5 rings (SSSR count). The number of hydrogen-bond acceptors (Lipinski definition) is 6. The number of para-hydroxylation sites is 1. The number of ether oxygens (including phenoxy) is 1. The quantitative estimate of drug-likeness (QED) is 0.347. The van der Waals surface area contributed by atoms with E-state index in [1.807, 2.05) is 4.90 Å². The first-order valence-electron chi connectivity index (χ1n) is 11.9. The zero-order chi connectivity index (χ0) is 25.3. The molecule has 8 nitrogen and oxygen atoms in total. The van der Waals surface area contributed by atoms with Gasteiger partial charge < -0.3 is 25.0 Å². The third-order valence-electron chi connectivity index (χ3n) is 7.24. The van der Waals surface area contributed by atoms with E-state index in [-0.39, 0.29) is 27.9 Å². The number of aromatic amines is 1. The fraction of sp³-hybridized carbons (Fsp3) is 0.346. The van der Waals surface area contributed by atoms with E-state index in [1.54, 1.807) is 36.4 Å². The standard InChI is InChI=1S/C26H26ClFN4O4/c27-19-14-16(28)6-7-20(19)32-13-12-26(25(32)35)10-8-17(9-11-26)31-23(33)21-22(30-15-29-21)24(34)36-18-4-2-1-3-5-18/h1-7,14-15,17,25,35H,8-13H2,(H,29,30)(H,31,33). The van der Waals surface area contributed by atoms with E-state index < -0.39 is 23.9 Å². The molecule has 2 aliphatic rings. The number of anilines is 1. The van der Waals surface area contributed by atoms with Gasteiger partial charge in [0.1, 0.15) is 17.8 Å². The number of nitrogens with one attached hydrogen (secondary N) is 2. The number of amides is 1. The molecule has 0 radical (unpaired) electrons. The molecular weight excluding hydrogens is 487 g/mol. The molecule has 1 saturated heterocycles. The number of nitrogens with zero attached hydrogens (tertiary/aromatic N) is 2. The Morgan fingerprint density at radius 3 is 2.64 bits per heavy atom. The summed E-state index contributed by atoms with van der Waals surface area (Å²) >= 11 is 6.23. The molecule has 1 aromatic heterocycles. The lowest BCUT2D eigenvalue weighted by Gasteiger charge is -2.41. The highest BCUT2D eigenvalue weighted by molar-refractivity contribution is 6.33. The van der Waals surface area contributed by atoms with Crippen LogP contribution in [0.1, 0.15) is 53.1 Å². The number of imidazole rings is 1. The van der Waals surface area contributed by atoms with Crippen LogP contribution in [-0.2, 0) is 0 Å². The maximum absolute atomic E-state index is 13.5. The van der Waals surface area contributed by atoms with E-state index >= 15 is 0 Å². The zero-order valence-corrected chi connectivity index (χ0v) is 20.2. The van der Waals surface area contributed by atoms with Crippen molar-refractivity contribution in [3.8, 4) is 5.75 Å². The van der Waals surface area contributed by atoms with Crippen molar-refractivity contribution in [3.63, 3.8) is 0 Å². The van der Waals surface area contributed by atoms with Crippen LogP contribution in [0.4, 0.5) is 10.1 Å². The van der Waals surface area contributed by atoms with E-state index in [1.165, 1.54) is 18.5 Å². The fourth-order valence-electron chi connectivity index (χ4n) is 5.26. The van der Waals surface area contributed by atoms with Crippen LogP contribution >= 0.6 is 11.6 Å². The summed E-state index contributed by atoms with van der Waals surface area (Å²) in [6.45, 7) is 0.615. The van der Waals surface area contributed by atoms with Crippen molar-refractivity contribution in [1.29, 1.82) is 0 Å². The van der Waals surface area contributed by atoms with Gasteiger partial charge in [0.05, 0.1) is 17.0 Å². The number of aliphatic hydroxyl groups excluding tert-OH is 1. The van der Waals surface area contributed by atoms with Crippen LogP contribution in [0, 0.1) is 11.2 Å². The third kappa shape index (κ3) is 4.68. The number of aromatic nitrogens is 2. The number of carbonyl (C=O) groups excluding carboxylic acids is 2. The number of H-pyrrole nitrogens is 1. The summed E-state index contributed by atoms with van der Waals surface area (Å²) in [4.78, 5) is 34.0. The lowest BCUT2D eigenvalue weighted by atomic mass is 9.71. The molecule has 3 aromatic rings. The van der Waals surface area contributed by atoms with Gasteiger partial charge in [-0.05, 0) is 62.4 Å². The number of hydrogen-bond donors (Lipinski definition) is 3. The average Bonchev–Trinajstić information content (AvgIpc) is 3.48. The molecule has 1 aliphatic carbocycles. The van der Waals surface area contributed by atoms with Crippen LogP contribution in [0.3, 0.4) is 0 Å². The second-order valence-electron chi connectivity index (χ2n) is 9.35. The van der Waals surface area contributed by atoms with Crippen molar-refractivity contribution in [2.45, 2.75) is 44.4 Å². The van der Waals surface area contributed by atoms with Gasteiger partial charge >= 0.3 is 5.97 Å². The first-order chi connectivity index (χ1) is 17.4. The van der Waals surface area contributed by atoms with Gasteiger partial charge in [-0.1, -0.05) is 29.8 Å². The first kappa shape index (κ1) is 24.3. The summed E-state index contributed by atoms with van der Waals surface area (Å²) in [5.74, 6) is -1.20. The van der Waals surface area contributed by atoms with Gasteiger partial charge in [-0.15, -0.1) is 0 Å². The Morgan fingerprint density at radius 2 is 1.92 bits per heavy atom. The molecule has 36 heavy (non-hydrogen) atoms. The van der Waals surface area contributed by atoms with Crippen LogP contribution in [0.25, 0.3) is 0 Å². The smallest absolute Gasteiger partial charge is 0.362 e. The number of carbonyl (C=O) groups is 2. The molecule has 1 aliphatic heterocycles. The van der Waals surface area contributed by atoms with Crippen molar-refractivity contribution in [2.75, 3.05) is 11.4 Å². The maximum atomic E-state index is 13.5. The second-order valence-corrected chi connectivity index (χ2v) is 9.76.